The van der Waals surface area contributed by atoms with Crippen LogP contribution in [0.2, 0.25) is 0 Å². The molecule has 20 heavy (non-hydrogen) atoms. The first-order chi connectivity index (χ1) is 9.83. The maximum atomic E-state index is 11.8. The van der Waals surface area contributed by atoms with E-state index in [1.54, 1.807) is 10.6 Å². The highest BCUT2D eigenvalue weighted by molar-refractivity contribution is 5.81. The molecule has 0 spiro atoms. The number of nitrogens with zero attached hydrogens (tertiary/aromatic N) is 4. The van der Waals surface area contributed by atoms with E-state index in [4.69, 9.17) is 0 Å². The van der Waals surface area contributed by atoms with E-state index in [9.17, 15) is 4.79 Å². The number of H-pyrrole nitrogens is 1. The average molecular weight is 269 g/mol. The molecule has 0 unspecified atom stereocenters. The van der Waals surface area contributed by atoms with Crippen molar-refractivity contribution in [3.8, 4) is 0 Å². The second-order valence-corrected chi connectivity index (χ2v) is 5.20. The summed E-state index contributed by atoms with van der Waals surface area (Å²) in [6, 6.07) is 6.07. The first kappa shape index (κ1) is 11.5. The fourth-order valence-corrected chi connectivity index (χ4v) is 2.91. The Morgan fingerprint density at radius 1 is 1.15 bits per heavy atom. The van der Waals surface area contributed by atoms with Gasteiger partial charge in [-0.25, -0.2) is 14.3 Å². The van der Waals surface area contributed by atoms with Gasteiger partial charge in [0, 0.05) is 18.8 Å². The van der Waals surface area contributed by atoms with Crippen molar-refractivity contribution >= 4 is 22.4 Å². The number of benzene rings is 1. The van der Waals surface area contributed by atoms with E-state index in [1.807, 2.05) is 6.07 Å². The minimum atomic E-state index is -0.224. The molecule has 1 fully saturated rings. The maximum Gasteiger partial charge on any atom is 0.348 e. The highest BCUT2D eigenvalue weighted by Crippen LogP contribution is 2.23. The summed E-state index contributed by atoms with van der Waals surface area (Å²) in [5.41, 5.74) is 3.12. The lowest BCUT2D eigenvalue weighted by atomic mass is 10.1. The highest BCUT2D eigenvalue weighted by atomic mass is 16.1. The topological polar surface area (TPSA) is 66.3 Å². The van der Waals surface area contributed by atoms with Gasteiger partial charge in [-0.3, -0.25) is 4.98 Å². The van der Waals surface area contributed by atoms with Crippen LogP contribution < -0.4 is 10.6 Å². The van der Waals surface area contributed by atoms with E-state index in [2.05, 4.69) is 32.2 Å². The summed E-state index contributed by atoms with van der Waals surface area (Å²) < 4.78 is 1.56. The third kappa shape index (κ3) is 1.68. The molecular formula is C14H15N5O. The number of piperidine rings is 1. The summed E-state index contributed by atoms with van der Waals surface area (Å²) in [4.78, 5) is 18.6. The van der Waals surface area contributed by atoms with Crippen molar-refractivity contribution in [2.24, 2.45) is 0 Å². The summed E-state index contributed by atoms with van der Waals surface area (Å²) in [6.45, 7) is 2.19. The van der Waals surface area contributed by atoms with Gasteiger partial charge in [0.1, 0.15) is 0 Å². The van der Waals surface area contributed by atoms with Gasteiger partial charge in [-0.2, -0.15) is 5.10 Å². The third-order valence-corrected chi connectivity index (χ3v) is 3.94. The van der Waals surface area contributed by atoms with Crippen LogP contribution >= 0.6 is 0 Å². The Balaban J connectivity index is 1.89. The Bertz CT molecular complexity index is 828. The zero-order valence-corrected chi connectivity index (χ0v) is 11.0. The summed E-state index contributed by atoms with van der Waals surface area (Å²) in [5.74, 6) is 0. The number of anilines is 1. The van der Waals surface area contributed by atoms with E-state index < -0.39 is 0 Å². The van der Waals surface area contributed by atoms with E-state index >= 15 is 0 Å². The molecule has 0 bridgehead atoms. The molecule has 0 atom stereocenters. The first-order valence-electron chi connectivity index (χ1n) is 6.94. The van der Waals surface area contributed by atoms with Crippen molar-refractivity contribution in [1.29, 1.82) is 0 Å². The number of aromatic nitrogens is 4. The van der Waals surface area contributed by atoms with Crippen LogP contribution in [-0.2, 0) is 0 Å². The molecule has 0 amide bonds. The lowest BCUT2D eigenvalue weighted by molar-refractivity contribution is 0.578. The smallest absolute Gasteiger partial charge is 0.348 e. The maximum absolute atomic E-state index is 11.8. The highest BCUT2D eigenvalue weighted by Gasteiger charge is 2.13. The zero-order valence-electron chi connectivity index (χ0n) is 11.0. The molecule has 3 aromatic rings. The van der Waals surface area contributed by atoms with E-state index in [-0.39, 0.29) is 5.69 Å². The molecule has 0 saturated carbocycles. The van der Waals surface area contributed by atoms with E-state index in [0.29, 0.717) is 5.65 Å². The predicted molar refractivity (Wildman–Crippen MR) is 77.2 cm³/mol. The lowest BCUT2D eigenvalue weighted by Crippen LogP contribution is -2.29. The van der Waals surface area contributed by atoms with Crippen molar-refractivity contribution in [2.45, 2.75) is 19.3 Å². The van der Waals surface area contributed by atoms with Gasteiger partial charge in [0.15, 0.2) is 5.65 Å². The molecule has 1 aliphatic rings. The standard InChI is InChI=1S/C14H15N5O/c20-14-17-16-13-9-15-11-8-10(4-5-12(11)19(13)14)18-6-2-1-3-7-18/h4-5,8-9H,1-3,6-7H2,(H,17,20). The van der Waals surface area contributed by atoms with Crippen LogP contribution in [0.1, 0.15) is 19.3 Å². The van der Waals surface area contributed by atoms with Crippen molar-refractivity contribution < 1.29 is 0 Å². The molecule has 3 heterocycles. The zero-order chi connectivity index (χ0) is 13.5. The Hall–Kier alpha value is -2.37. The van der Waals surface area contributed by atoms with Gasteiger partial charge in [-0.05, 0) is 37.5 Å². The van der Waals surface area contributed by atoms with Gasteiger partial charge < -0.3 is 4.90 Å². The molecule has 4 rings (SSSR count). The third-order valence-electron chi connectivity index (χ3n) is 3.94. The Kier molecular flexibility index (Phi) is 2.48. The number of aromatic amines is 1. The minimum Gasteiger partial charge on any atom is -0.371 e. The number of fused-ring (bicyclic) bond motifs is 3. The molecule has 1 N–H and O–H groups in total. The van der Waals surface area contributed by atoms with Crippen molar-refractivity contribution in [2.75, 3.05) is 18.0 Å². The number of hydrogen-bond donors (Lipinski definition) is 1. The number of nitrogens with one attached hydrogen (secondary N) is 1. The van der Waals surface area contributed by atoms with E-state index in [0.717, 1.165) is 24.1 Å². The molecule has 6 heteroatoms. The molecule has 2 aromatic heterocycles. The lowest BCUT2D eigenvalue weighted by Gasteiger charge is -2.28. The van der Waals surface area contributed by atoms with Crippen LogP contribution in [0.4, 0.5) is 5.69 Å². The predicted octanol–water partition coefficient (Wildman–Crippen LogP) is 1.56. The fraction of sp³-hybridized carbons (Fsp3) is 0.357. The average Bonchev–Trinajstić information content (AvgIpc) is 2.89. The molecule has 0 aliphatic carbocycles. The Morgan fingerprint density at radius 3 is 2.85 bits per heavy atom. The minimum absolute atomic E-state index is 0.224. The van der Waals surface area contributed by atoms with Crippen LogP contribution in [-0.4, -0.2) is 32.7 Å². The molecule has 1 saturated heterocycles. The summed E-state index contributed by atoms with van der Waals surface area (Å²) in [7, 11) is 0. The molecule has 1 aromatic carbocycles. The largest absolute Gasteiger partial charge is 0.371 e. The van der Waals surface area contributed by atoms with Crippen LogP contribution in [0.25, 0.3) is 16.7 Å². The molecular weight excluding hydrogens is 254 g/mol. The first-order valence-corrected chi connectivity index (χ1v) is 6.94. The summed E-state index contributed by atoms with van der Waals surface area (Å²) in [6.07, 6.45) is 5.42. The van der Waals surface area contributed by atoms with Gasteiger partial charge in [-0.15, -0.1) is 0 Å². The Labute approximate surface area is 115 Å². The second kappa shape index (κ2) is 4.33. The van der Waals surface area contributed by atoms with Crippen molar-refractivity contribution in [3.05, 3.63) is 34.9 Å². The van der Waals surface area contributed by atoms with Crippen LogP contribution in [0, 0.1) is 0 Å². The molecule has 1 aliphatic heterocycles. The number of hydrogen-bond acceptors (Lipinski definition) is 4. The van der Waals surface area contributed by atoms with Crippen LogP contribution in [0.15, 0.2) is 29.2 Å². The Morgan fingerprint density at radius 2 is 2.00 bits per heavy atom. The van der Waals surface area contributed by atoms with Crippen LogP contribution in [0.3, 0.4) is 0 Å². The van der Waals surface area contributed by atoms with Gasteiger partial charge >= 0.3 is 5.69 Å². The molecule has 6 nitrogen and oxygen atoms in total. The SMILES string of the molecule is O=c1[nH]nc2cnc3cc(N4CCCCC4)ccc3n12. The van der Waals surface area contributed by atoms with Crippen molar-refractivity contribution in [3.63, 3.8) is 0 Å². The quantitative estimate of drug-likeness (QED) is 0.728. The molecule has 102 valence electrons. The van der Waals surface area contributed by atoms with Crippen LogP contribution in [0.5, 0.6) is 0 Å². The van der Waals surface area contributed by atoms with Gasteiger partial charge in [0.05, 0.1) is 17.2 Å². The van der Waals surface area contributed by atoms with Gasteiger partial charge in [0.25, 0.3) is 0 Å². The number of rotatable bonds is 1. The second-order valence-electron chi connectivity index (χ2n) is 5.20. The summed E-state index contributed by atoms with van der Waals surface area (Å²) >= 11 is 0. The molecule has 0 radical (unpaired) electrons. The summed E-state index contributed by atoms with van der Waals surface area (Å²) in [5, 5.41) is 6.39. The monoisotopic (exact) mass is 269 g/mol. The van der Waals surface area contributed by atoms with E-state index in [1.165, 1.54) is 24.9 Å². The van der Waals surface area contributed by atoms with Gasteiger partial charge in [0.2, 0.25) is 0 Å². The normalized spacial score (nSPS) is 16.1. The van der Waals surface area contributed by atoms with Gasteiger partial charge in [-0.1, -0.05) is 0 Å². The van der Waals surface area contributed by atoms with Crippen molar-refractivity contribution in [1.82, 2.24) is 19.6 Å². The fourth-order valence-electron chi connectivity index (χ4n) is 2.91.